The number of nitrogens with zero attached hydrogens (tertiary/aromatic N) is 3. The second kappa shape index (κ2) is 10.6. The zero-order chi connectivity index (χ0) is 21.3. The van der Waals surface area contributed by atoms with Crippen LogP contribution in [0.4, 0.5) is 15.8 Å². The molecule has 1 heterocycles. The van der Waals surface area contributed by atoms with Crippen molar-refractivity contribution in [2.45, 2.75) is 6.42 Å². The molecule has 0 aromatic heterocycles. The molecule has 30 heavy (non-hydrogen) atoms. The van der Waals surface area contributed by atoms with E-state index in [0.717, 1.165) is 49.9 Å². The quantitative estimate of drug-likeness (QED) is 0.412. The number of carboxylic acid groups (broad SMARTS) is 1. The number of hydrogen-bond acceptors (Lipinski definition) is 4. The summed E-state index contributed by atoms with van der Waals surface area (Å²) in [5.41, 5.74) is 2.03. The van der Waals surface area contributed by atoms with E-state index in [2.05, 4.69) is 15.1 Å². The Morgan fingerprint density at radius 3 is 2.37 bits per heavy atom. The number of carboxylic acids is 1. The molecule has 0 saturated carbocycles. The minimum atomic E-state index is -0.952. The van der Waals surface area contributed by atoms with Crippen molar-refractivity contribution in [1.29, 1.82) is 0 Å². The summed E-state index contributed by atoms with van der Waals surface area (Å²) in [5, 5.41) is 12.4. The highest BCUT2D eigenvalue weighted by molar-refractivity contribution is 5.94. The predicted octanol–water partition coefficient (Wildman–Crippen LogP) is 3.15. The van der Waals surface area contributed by atoms with Crippen molar-refractivity contribution in [1.82, 2.24) is 4.90 Å². The molecule has 1 fully saturated rings. The number of ether oxygens (including phenoxy) is 1. The van der Waals surface area contributed by atoms with Gasteiger partial charge in [-0.3, -0.25) is 4.99 Å². The van der Waals surface area contributed by atoms with E-state index in [1.54, 1.807) is 43.5 Å². The van der Waals surface area contributed by atoms with Crippen LogP contribution >= 0.6 is 0 Å². The second-order valence-corrected chi connectivity index (χ2v) is 7.01. The first kappa shape index (κ1) is 21.6. The van der Waals surface area contributed by atoms with E-state index in [9.17, 15) is 9.18 Å². The molecule has 0 atom stereocenters. The predicted molar refractivity (Wildman–Crippen MR) is 116 cm³/mol. The van der Waals surface area contributed by atoms with Crippen molar-refractivity contribution in [2.24, 2.45) is 4.99 Å². The second-order valence-electron chi connectivity index (χ2n) is 7.01. The van der Waals surface area contributed by atoms with E-state index in [1.165, 1.54) is 12.1 Å². The zero-order valence-corrected chi connectivity index (χ0v) is 17.1. The molecule has 2 N–H and O–H groups in total. The van der Waals surface area contributed by atoms with Crippen molar-refractivity contribution < 1.29 is 19.0 Å². The van der Waals surface area contributed by atoms with Crippen LogP contribution in [0.15, 0.2) is 53.5 Å². The summed E-state index contributed by atoms with van der Waals surface area (Å²) < 4.78 is 18.3. The van der Waals surface area contributed by atoms with Crippen LogP contribution in [0.2, 0.25) is 0 Å². The Kier molecular flexibility index (Phi) is 7.62. The van der Waals surface area contributed by atoms with E-state index >= 15 is 0 Å². The number of guanidine groups is 1. The number of aliphatic imine (C=N–C) groups is 1. The lowest BCUT2D eigenvalue weighted by Gasteiger charge is -2.37. The first-order valence-electron chi connectivity index (χ1n) is 9.96. The SMILES string of the molecule is COCCCN=C(Nc1ccc(C(=O)O)cc1)N1CCN(c2ccc(F)cc2)CC1. The van der Waals surface area contributed by atoms with Gasteiger partial charge >= 0.3 is 5.97 Å². The minimum Gasteiger partial charge on any atom is -0.478 e. The molecule has 2 aromatic carbocycles. The summed E-state index contributed by atoms with van der Waals surface area (Å²) >= 11 is 0. The lowest BCUT2D eigenvalue weighted by molar-refractivity contribution is 0.0697. The molecule has 0 radical (unpaired) electrons. The Morgan fingerprint density at radius 2 is 1.77 bits per heavy atom. The molecule has 3 rings (SSSR count). The molecule has 160 valence electrons. The molecule has 0 spiro atoms. The Bertz CT molecular complexity index is 848. The standard InChI is InChI=1S/C22H27FN4O3/c1-30-16-2-11-24-22(25-19-7-3-17(4-8-19)21(28)29)27-14-12-26(13-15-27)20-9-5-18(23)6-10-20/h3-10H,2,11-16H2,1H3,(H,24,25)(H,28,29). The average molecular weight is 414 g/mol. The molecule has 7 nitrogen and oxygen atoms in total. The van der Waals surface area contributed by atoms with E-state index in [-0.39, 0.29) is 11.4 Å². The lowest BCUT2D eigenvalue weighted by atomic mass is 10.2. The molecule has 0 aliphatic carbocycles. The summed E-state index contributed by atoms with van der Waals surface area (Å²) in [4.78, 5) is 20.2. The number of methoxy groups -OCH3 is 1. The van der Waals surface area contributed by atoms with Crippen molar-refractivity contribution in [2.75, 3.05) is 56.7 Å². The van der Waals surface area contributed by atoms with E-state index in [4.69, 9.17) is 14.8 Å². The Morgan fingerprint density at radius 1 is 1.10 bits per heavy atom. The molecule has 0 amide bonds. The number of aromatic carboxylic acids is 1. The van der Waals surface area contributed by atoms with Gasteiger partial charge in [-0.25, -0.2) is 9.18 Å². The highest BCUT2D eigenvalue weighted by Gasteiger charge is 2.20. The third kappa shape index (κ3) is 5.93. The van der Waals surface area contributed by atoms with Gasteiger partial charge in [0.1, 0.15) is 5.82 Å². The molecule has 0 unspecified atom stereocenters. The molecule has 2 aromatic rings. The average Bonchev–Trinajstić information content (AvgIpc) is 2.77. The maximum absolute atomic E-state index is 13.2. The molecular formula is C22H27FN4O3. The van der Waals surface area contributed by atoms with Gasteiger partial charge in [0, 0.05) is 57.8 Å². The van der Waals surface area contributed by atoms with Gasteiger partial charge < -0.3 is 25.0 Å². The van der Waals surface area contributed by atoms with Crippen LogP contribution in [0, 0.1) is 5.82 Å². The van der Waals surface area contributed by atoms with E-state index < -0.39 is 5.97 Å². The highest BCUT2D eigenvalue weighted by atomic mass is 19.1. The Balaban J connectivity index is 1.66. The van der Waals surface area contributed by atoms with Crippen molar-refractivity contribution >= 4 is 23.3 Å². The van der Waals surface area contributed by atoms with E-state index in [0.29, 0.717) is 13.2 Å². The van der Waals surface area contributed by atoms with Crippen molar-refractivity contribution in [3.63, 3.8) is 0 Å². The number of benzene rings is 2. The number of hydrogen-bond donors (Lipinski definition) is 2. The smallest absolute Gasteiger partial charge is 0.335 e. The largest absolute Gasteiger partial charge is 0.478 e. The lowest BCUT2D eigenvalue weighted by Crippen LogP contribution is -2.50. The molecule has 1 saturated heterocycles. The minimum absolute atomic E-state index is 0.235. The molecule has 1 aliphatic heterocycles. The number of anilines is 2. The summed E-state index contributed by atoms with van der Waals surface area (Å²) in [5.74, 6) is -0.430. The number of halogens is 1. The van der Waals surface area contributed by atoms with Gasteiger partial charge in [-0.1, -0.05) is 0 Å². The van der Waals surface area contributed by atoms with Crippen LogP contribution in [-0.4, -0.2) is 68.4 Å². The van der Waals surface area contributed by atoms with Crippen LogP contribution in [0.5, 0.6) is 0 Å². The van der Waals surface area contributed by atoms with Gasteiger partial charge in [-0.2, -0.15) is 0 Å². The fourth-order valence-electron chi connectivity index (χ4n) is 3.27. The molecule has 1 aliphatic rings. The highest BCUT2D eigenvalue weighted by Crippen LogP contribution is 2.18. The molecule has 0 bridgehead atoms. The fourth-order valence-corrected chi connectivity index (χ4v) is 3.27. The van der Waals surface area contributed by atoms with Gasteiger partial charge in [-0.15, -0.1) is 0 Å². The number of piperazine rings is 1. The van der Waals surface area contributed by atoms with Gasteiger partial charge in [-0.05, 0) is 55.0 Å². The number of carbonyl (C=O) groups is 1. The van der Waals surface area contributed by atoms with Gasteiger partial charge in [0.05, 0.1) is 5.56 Å². The fraction of sp³-hybridized carbons (Fsp3) is 0.364. The third-order valence-corrected chi connectivity index (χ3v) is 4.93. The number of rotatable bonds is 7. The number of nitrogens with one attached hydrogen (secondary N) is 1. The summed E-state index contributed by atoms with van der Waals surface area (Å²) in [6.07, 6.45) is 0.815. The van der Waals surface area contributed by atoms with Gasteiger partial charge in [0.2, 0.25) is 0 Å². The first-order chi connectivity index (χ1) is 14.6. The van der Waals surface area contributed by atoms with Crippen LogP contribution in [0.1, 0.15) is 16.8 Å². The van der Waals surface area contributed by atoms with E-state index in [1.807, 2.05) is 0 Å². The third-order valence-electron chi connectivity index (χ3n) is 4.93. The molecule has 8 heteroatoms. The van der Waals surface area contributed by atoms with Crippen LogP contribution in [0.3, 0.4) is 0 Å². The summed E-state index contributed by atoms with van der Waals surface area (Å²) in [6, 6.07) is 13.2. The van der Waals surface area contributed by atoms with Gasteiger partial charge in [0.25, 0.3) is 0 Å². The Hall–Kier alpha value is -3.13. The van der Waals surface area contributed by atoms with Crippen molar-refractivity contribution in [3.05, 3.63) is 59.9 Å². The van der Waals surface area contributed by atoms with Crippen molar-refractivity contribution in [3.8, 4) is 0 Å². The normalized spacial score (nSPS) is 14.7. The molecular weight excluding hydrogens is 387 g/mol. The topological polar surface area (TPSA) is 77.4 Å². The summed E-state index contributed by atoms with van der Waals surface area (Å²) in [7, 11) is 1.67. The Labute approximate surface area is 175 Å². The monoisotopic (exact) mass is 414 g/mol. The summed E-state index contributed by atoms with van der Waals surface area (Å²) in [6.45, 7) is 4.39. The van der Waals surface area contributed by atoms with Crippen LogP contribution < -0.4 is 10.2 Å². The first-order valence-corrected chi connectivity index (χ1v) is 9.96. The zero-order valence-electron chi connectivity index (χ0n) is 17.1. The maximum Gasteiger partial charge on any atom is 0.335 e. The van der Waals surface area contributed by atoms with Crippen LogP contribution in [-0.2, 0) is 4.74 Å². The van der Waals surface area contributed by atoms with Crippen LogP contribution in [0.25, 0.3) is 0 Å². The van der Waals surface area contributed by atoms with Gasteiger partial charge in [0.15, 0.2) is 5.96 Å². The maximum atomic E-state index is 13.2.